The summed E-state index contributed by atoms with van der Waals surface area (Å²) in [5, 5.41) is 4.18. The Bertz CT molecular complexity index is 1380. The van der Waals surface area contributed by atoms with E-state index in [1.807, 2.05) is 79.0 Å². The molecule has 6 heteroatoms. The number of benzene rings is 3. The first-order chi connectivity index (χ1) is 17.1. The molecule has 0 aliphatic carbocycles. The summed E-state index contributed by atoms with van der Waals surface area (Å²) in [7, 11) is 1.62. The summed E-state index contributed by atoms with van der Waals surface area (Å²) in [6.07, 6.45) is 2.73. The maximum atomic E-state index is 14.1. The van der Waals surface area contributed by atoms with Crippen molar-refractivity contribution in [3.8, 4) is 0 Å². The van der Waals surface area contributed by atoms with Gasteiger partial charge in [0, 0.05) is 47.6 Å². The van der Waals surface area contributed by atoms with Gasteiger partial charge in [-0.25, -0.2) is 0 Å². The predicted octanol–water partition coefficient (Wildman–Crippen LogP) is 5.30. The molecule has 1 aliphatic rings. The maximum Gasteiger partial charge on any atom is 0.254 e. The molecular formula is C29H29N3O3. The fourth-order valence-electron chi connectivity index (χ4n) is 5.16. The summed E-state index contributed by atoms with van der Waals surface area (Å²) in [6, 6.07) is 22.8. The van der Waals surface area contributed by atoms with Crippen LogP contribution in [-0.4, -0.2) is 42.0 Å². The lowest BCUT2D eigenvalue weighted by molar-refractivity contribution is -0.119. The second kappa shape index (κ2) is 9.76. The zero-order valence-corrected chi connectivity index (χ0v) is 20.0. The summed E-state index contributed by atoms with van der Waals surface area (Å²) in [5.74, 6) is -0.820. The highest BCUT2D eigenvalue weighted by atomic mass is 16.5. The highest BCUT2D eigenvalue weighted by Crippen LogP contribution is 2.45. The number of carbonyl (C=O) groups is 2. The fraction of sp³-hybridized carbons (Fsp3) is 0.241. The minimum atomic E-state index is -0.593. The van der Waals surface area contributed by atoms with E-state index in [1.54, 1.807) is 12.0 Å². The lowest BCUT2D eigenvalue weighted by atomic mass is 9.79. The predicted molar refractivity (Wildman–Crippen MR) is 138 cm³/mol. The van der Waals surface area contributed by atoms with Crippen molar-refractivity contribution < 1.29 is 14.3 Å². The van der Waals surface area contributed by atoms with Gasteiger partial charge in [0.25, 0.3) is 5.91 Å². The second-order valence-electron chi connectivity index (χ2n) is 8.79. The van der Waals surface area contributed by atoms with Crippen LogP contribution in [0.4, 0.5) is 5.69 Å². The molecule has 3 aromatic carbocycles. The Balaban J connectivity index is 1.67. The number of aromatic amines is 1. The number of hydrogen-bond acceptors (Lipinski definition) is 3. The van der Waals surface area contributed by atoms with E-state index < -0.39 is 12.0 Å². The van der Waals surface area contributed by atoms with Crippen molar-refractivity contribution in [3.63, 3.8) is 0 Å². The first kappa shape index (κ1) is 22.9. The third-order valence-corrected chi connectivity index (χ3v) is 6.85. The molecule has 0 fully saturated rings. The number of carbonyl (C=O) groups excluding carboxylic acids is 2. The van der Waals surface area contributed by atoms with Crippen LogP contribution in [0.3, 0.4) is 0 Å². The highest BCUT2D eigenvalue weighted by molar-refractivity contribution is 6.05. The van der Waals surface area contributed by atoms with Crippen LogP contribution in [0.1, 0.15) is 45.9 Å². The van der Waals surface area contributed by atoms with Gasteiger partial charge in [0.1, 0.15) is 0 Å². The van der Waals surface area contributed by atoms with Crippen molar-refractivity contribution >= 4 is 28.4 Å². The molecule has 4 aromatic rings. The van der Waals surface area contributed by atoms with Gasteiger partial charge in [-0.2, -0.15) is 0 Å². The quantitative estimate of drug-likeness (QED) is 0.388. The molecule has 0 spiro atoms. The van der Waals surface area contributed by atoms with E-state index in [1.165, 1.54) is 0 Å². The van der Waals surface area contributed by atoms with Crippen LogP contribution >= 0.6 is 0 Å². The van der Waals surface area contributed by atoms with Crippen LogP contribution in [0.15, 0.2) is 79.0 Å². The van der Waals surface area contributed by atoms with Crippen LogP contribution in [0.25, 0.3) is 10.9 Å². The van der Waals surface area contributed by atoms with Crippen molar-refractivity contribution in [1.82, 2.24) is 9.88 Å². The topological polar surface area (TPSA) is 74.4 Å². The zero-order valence-electron chi connectivity index (χ0n) is 20.0. The molecular weight excluding hydrogens is 438 g/mol. The first-order valence-corrected chi connectivity index (χ1v) is 12.0. The number of hydrogen-bond donors (Lipinski definition) is 2. The minimum Gasteiger partial charge on any atom is -0.383 e. The molecule has 178 valence electrons. The molecule has 0 unspecified atom stereocenters. The molecule has 2 atom stereocenters. The lowest BCUT2D eigenvalue weighted by Crippen LogP contribution is -2.47. The molecule has 0 bridgehead atoms. The van der Waals surface area contributed by atoms with Crippen molar-refractivity contribution in [2.45, 2.75) is 25.3 Å². The summed E-state index contributed by atoms with van der Waals surface area (Å²) in [6.45, 7) is 2.82. The van der Waals surface area contributed by atoms with Crippen molar-refractivity contribution in [1.29, 1.82) is 0 Å². The van der Waals surface area contributed by atoms with Crippen LogP contribution in [0.2, 0.25) is 0 Å². The van der Waals surface area contributed by atoms with E-state index in [2.05, 4.69) is 17.2 Å². The summed E-state index contributed by atoms with van der Waals surface area (Å²) < 4.78 is 5.35. The smallest absolute Gasteiger partial charge is 0.254 e. The number of nitrogens with one attached hydrogen (secondary N) is 2. The van der Waals surface area contributed by atoms with E-state index in [9.17, 15) is 9.59 Å². The Morgan fingerprint density at radius 2 is 1.74 bits per heavy atom. The monoisotopic (exact) mass is 467 g/mol. The Morgan fingerprint density at radius 1 is 1.00 bits per heavy atom. The lowest BCUT2D eigenvalue weighted by Gasteiger charge is -2.41. The van der Waals surface area contributed by atoms with Crippen LogP contribution in [0.5, 0.6) is 0 Å². The van der Waals surface area contributed by atoms with Gasteiger partial charge in [0.05, 0.1) is 18.6 Å². The number of H-pyrrole nitrogens is 1. The number of para-hydroxylation sites is 2. The number of methoxy groups -OCH3 is 1. The number of fused-ring (bicyclic) bond motifs is 2. The van der Waals surface area contributed by atoms with E-state index in [4.69, 9.17) is 4.74 Å². The van der Waals surface area contributed by atoms with Gasteiger partial charge in [0.2, 0.25) is 5.91 Å². The average molecular weight is 468 g/mol. The first-order valence-electron chi connectivity index (χ1n) is 12.0. The maximum absolute atomic E-state index is 14.1. The van der Waals surface area contributed by atoms with Crippen LogP contribution in [0, 0.1) is 0 Å². The Labute approximate surface area is 204 Å². The van der Waals surface area contributed by atoms with Crippen molar-refractivity contribution in [2.75, 3.05) is 25.6 Å². The molecule has 6 nitrogen and oxygen atoms in total. The van der Waals surface area contributed by atoms with Crippen molar-refractivity contribution in [2.24, 2.45) is 0 Å². The van der Waals surface area contributed by atoms with Crippen LogP contribution < -0.4 is 5.32 Å². The second-order valence-corrected chi connectivity index (χ2v) is 8.79. The third-order valence-electron chi connectivity index (χ3n) is 6.85. The Morgan fingerprint density at radius 3 is 2.57 bits per heavy atom. The number of amides is 2. The van der Waals surface area contributed by atoms with Gasteiger partial charge in [0.15, 0.2) is 0 Å². The molecule has 5 rings (SSSR count). The molecule has 0 saturated heterocycles. The van der Waals surface area contributed by atoms with E-state index in [-0.39, 0.29) is 11.8 Å². The SMILES string of the molecule is CCc1ccccc1NC(=O)[C@H]1c2ccccc2C(=O)N(CCOC)[C@@H]1c1c[nH]c2ccccc12. The molecule has 2 N–H and O–H groups in total. The van der Waals surface area contributed by atoms with Gasteiger partial charge in [-0.05, 0) is 35.7 Å². The zero-order chi connectivity index (χ0) is 24.4. The summed E-state index contributed by atoms with van der Waals surface area (Å²) in [4.78, 5) is 32.9. The molecule has 0 radical (unpaired) electrons. The molecule has 0 saturated carbocycles. The number of nitrogens with zero attached hydrogens (tertiary/aromatic N) is 1. The van der Waals surface area contributed by atoms with Gasteiger partial charge < -0.3 is 19.9 Å². The number of anilines is 1. The summed E-state index contributed by atoms with van der Waals surface area (Å²) in [5.41, 5.74) is 5.06. The van der Waals surface area contributed by atoms with Gasteiger partial charge in [-0.15, -0.1) is 0 Å². The molecule has 2 heterocycles. The van der Waals surface area contributed by atoms with Gasteiger partial charge in [-0.3, -0.25) is 9.59 Å². The highest BCUT2D eigenvalue weighted by Gasteiger charge is 2.44. The average Bonchev–Trinajstić information content (AvgIpc) is 3.32. The fourth-order valence-corrected chi connectivity index (χ4v) is 5.16. The standard InChI is InChI=1S/C29H29N3O3/c1-3-19-10-4-8-14-24(19)31-28(33)26-21-12-5-6-13-22(21)29(34)32(16-17-35-2)27(26)23-18-30-25-15-9-7-11-20(23)25/h4-15,18,26-27,30H,3,16-17H2,1-2H3,(H,31,33)/t26-,27+/m0/s1. The van der Waals surface area contributed by atoms with Gasteiger partial charge >= 0.3 is 0 Å². The number of aromatic nitrogens is 1. The third kappa shape index (κ3) is 4.10. The van der Waals surface area contributed by atoms with E-state index in [0.29, 0.717) is 18.7 Å². The van der Waals surface area contributed by atoms with E-state index in [0.717, 1.165) is 39.7 Å². The number of rotatable bonds is 7. The Kier molecular flexibility index (Phi) is 6.38. The molecule has 1 aliphatic heterocycles. The number of ether oxygens (including phenoxy) is 1. The Hall–Kier alpha value is -3.90. The molecule has 35 heavy (non-hydrogen) atoms. The largest absolute Gasteiger partial charge is 0.383 e. The van der Waals surface area contributed by atoms with Crippen molar-refractivity contribution in [3.05, 3.63) is 101 Å². The minimum absolute atomic E-state index is 0.0917. The molecule has 2 amide bonds. The summed E-state index contributed by atoms with van der Waals surface area (Å²) >= 11 is 0. The van der Waals surface area contributed by atoms with E-state index >= 15 is 0 Å². The number of aryl methyl sites for hydroxylation is 1. The van der Waals surface area contributed by atoms with Gasteiger partial charge in [-0.1, -0.05) is 61.5 Å². The van der Waals surface area contributed by atoms with Crippen LogP contribution in [-0.2, 0) is 16.0 Å². The molecule has 1 aromatic heterocycles. The normalized spacial score (nSPS) is 17.4.